The summed E-state index contributed by atoms with van der Waals surface area (Å²) in [6.07, 6.45) is 62.5. The molecule has 0 heterocycles. The molecule has 0 rings (SSSR count). The predicted molar refractivity (Wildman–Crippen MR) is 279 cm³/mol. The van der Waals surface area contributed by atoms with Gasteiger partial charge in [0.25, 0.3) is 0 Å². The van der Waals surface area contributed by atoms with Crippen molar-refractivity contribution in [3.8, 4) is 0 Å². The van der Waals surface area contributed by atoms with Gasteiger partial charge in [0.1, 0.15) is 19.8 Å². The van der Waals surface area contributed by atoms with E-state index in [-0.39, 0.29) is 26.1 Å². The molecule has 0 fully saturated rings. The predicted octanol–water partition coefficient (Wildman–Crippen LogP) is 15.9. The van der Waals surface area contributed by atoms with Gasteiger partial charge in [0.05, 0.1) is 27.7 Å². The molecule has 1 unspecified atom stereocenters. The van der Waals surface area contributed by atoms with Gasteiger partial charge >= 0.3 is 19.8 Å². The molecule has 0 radical (unpaired) electrons. The fourth-order valence-corrected chi connectivity index (χ4v) is 7.52. The second-order valence-corrected chi connectivity index (χ2v) is 20.0. The van der Waals surface area contributed by atoms with E-state index in [9.17, 15) is 19.0 Å². The van der Waals surface area contributed by atoms with Crippen molar-refractivity contribution in [1.82, 2.24) is 0 Å². The van der Waals surface area contributed by atoms with Crippen LogP contribution in [0.25, 0.3) is 0 Å². The van der Waals surface area contributed by atoms with Crippen LogP contribution in [-0.4, -0.2) is 74.9 Å². The van der Waals surface area contributed by atoms with Crippen LogP contribution in [0.15, 0.2) is 85.1 Å². The molecular formula is C56H99NO8P+. The summed E-state index contributed by atoms with van der Waals surface area (Å²) in [5.74, 6) is -0.947. The second kappa shape index (κ2) is 47.3. The SMILES string of the molecule is CCCCC/C=C/C/C=C/C/C=C/C/C=C/C/C=C/CCC(=O)O[C@H](COC(=O)CCC/C=C/CC/C=C/CCCCCCCCCCCCCCCC)COP(=O)(O)OCC[N+](C)(C)C. The van der Waals surface area contributed by atoms with Crippen LogP contribution in [0.1, 0.15) is 206 Å². The number of phosphoric acid groups is 1. The lowest BCUT2D eigenvalue weighted by atomic mass is 10.0. The monoisotopic (exact) mass is 945 g/mol. The van der Waals surface area contributed by atoms with E-state index in [1.54, 1.807) is 0 Å². The molecule has 0 aliphatic heterocycles. The van der Waals surface area contributed by atoms with Crippen LogP contribution < -0.4 is 0 Å². The van der Waals surface area contributed by atoms with E-state index >= 15 is 0 Å². The molecule has 0 saturated carbocycles. The molecule has 0 aliphatic carbocycles. The van der Waals surface area contributed by atoms with Crippen LogP contribution in [0.3, 0.4) is 0 Å². The number of hydrogen-bond donors (Lipinski definition) is 1. The molecule has 0 saturated heterocycles. The van der Waals surface area contributed by atoms with Gasteiger partial charge in [-0.1, -0.05) is 195 Å². The molecule has 10 heteroatoms. The number of carbonyl (C=O) groups is 2. The zero-order chi connectivity index (χ0) is 48.5. The van der Waals surface area contributed by atoms with Gasteiger partial charge in [-0.3, -0.25) is 18.6 Å². The van der Waals surface area contributed by atoms with Gasteiger partial charge in [0.2, 0.25) is 0 Å². The van der Waals surface area contributed by atoms with Crippen molar-refractivity contribution in [1.29, 1.82) is 0 Å². The highest BCUT2D eigenvalue weighted by Crippen LogP contribution is 2.43. The number of rotatable bonds is 47. The van der Waals surface area contributed by atoms with Gasteiger partial charge in [0, 0.05) is 12.8 Å². The highest BCUT2D eigenvalue weighted by molar-refractivity contribution is 7.47. The summed E-state index contributed by atoms with van der Waals surface area (Å²) < 4.78 is 34.3. The maximum Gasteiger partial charge on any atom is 0.472 e. The van der Waals surface area contributed by atoms with E-state index in [0.717, 1.165) is 51.4 Å². The normalized spacial score (nSPS) is 14.1. The summed E-state index contributed by atoms with van der Waals surface area (Å²) in [4.78, 5) is 35.5. The Balaban J connectivity index is 4.40. The minimum atomic E-state index is -4.41. The zero-order valence-electron chi connectivity index (χ0n) is 42.9. The Morgan fingerprint density at radius 2 is 0.864 bits per heavy atom. The minimum absolute atomic E-state index is 0.00875. The van der Waals surface area contributed by atoms with E-state index in [1.165, 1.54) is 116 Å². The van der Waals surface area contributed by atoms with Crippen LogP contribution in [0.2, 0.25) is 0 Å². The van der Waals surface area contributed by atoms with Crippen molar-refractivity contribution in [3.05, 3.63) is 85.1 Å². The molecule has 1 N–H and O–H groups in total. The average molecular weight is 945 g/mol. The molecule has 0 spiro atoms. The average Bonchev–Trinajstić information content (AvgIpc) is 3.27. The Morgan fingerprint density at radius 1 is 0.470 bits per heavy atom. The van der Waals surface area contributed by atoms with Crippen LogP contribution in [0, 0.1) is 0 Å². The van der Waals surface area contributed by atoms with Crippen molar-refractivity contribution in [2.45, 2.75) is 213 Å². The van der Waals surface area contributed by atoms with Crippen LogP contribution >= 0.6 is 7.82 Å². The Morgan fingerprint density at radius 3 is 1.36 bits per heavy atom. The minimum Gasteiger partial charge on any atom is -0.462 e. The van der Waals surface area contributed by atoms with Crippen molar-refractivity contribution < 1.29 is 42.1 Å². The quantitative estimate of drug-likeness (QED) is 0.0211. The number of carbonyl (C=O) groups excluding carboxylic acids is 2. The molecule has 0 bridgehead atoms. The van der Waals surface area contributed by atoms with E-state index in [0.29, 0.717) is 23.9 Å². The fourth-order valence-electron chi connectivity index (χ4n) is 6.78. The third-order valence-electron chi connectivity index (χ3n) is 10.9. The summed E-state index contributed by atoms with van der Waals surface area (Å²) in [5, 5.41) is 0. The number of quaternary nitrogens is 1. The summed E-state index contributed by atoms with van der Waals surface area (Å²) in [6, 6.07) is 0. The standard InChI is InChI=1S/C56H98NO8P/c1-6-8-10-12-14-16-18-20-22-24-26-27-28-29-31-32-34-36-38-40-42-44-46-48-55(58)62-52-54(53-64-66(60,61)63-51-50-57(3,4)5)65-56(59)49-47-45-43-41-39-37-35-33-30-25-23-21-19-17-15-13-11-9-7-2/h15,17,21,23,30,32-34,37,39-40,42-43,45,54H,6-14,16,18-20,22,24-29,31,35-36,38,41,44,46-53H2,1-5H3/p+1/b17-15+,23-21+,33-30+,34-32+,39-37+,42-40+,45-43+/t54-/m1/s1. The molecule has 0 amide bonds. The molecule has 0 aliphatic rings. The molecule has 0 aromatic rings. The maximum absolute atomic E-state index is 12.7. The highest BCUT2D eigenvalue weighted by Gasteiger charge is 2.27. The van der Waals surface area contributed by atoms with Gasteiger partial charge in [-0.15, -0.1) is 0 Å². The van der Waals surface area contributed by atoms with Crippen LogP contribution in [-0.2, 0) is 32.7 Å². The first kappa shape index (κ1) is 63.2. The second-order valence-electron chi connectivity index (χ2n) is 18.5. The molecular weight excluding hydrogens is 846 g/mol. The van der Waals surface area contributed by atoms with E-state index in [1.807, 2.05) is 33.3 Å². The maximum atomic E-state index is 12.7. The van der Waals surface area contributed by atoms with Crippen molar-refractivity contribution >= 4 is 19.8 Å². The van der Waals surface area contributed by atoms with Gasteiger partial charge in [-0.25, -0.2) is 4.57 Å². The smallest absolute Gasteiger partial charge is 0.462 e. The summed E-state index contributed by atoms with van der Waals surface area (Å²) in [5.41, 5.74) is 0. The topological polar surface area (TPSA) is 108 Å². The number of phosphoric ester groups is 1. The lowest BCUT2D eigenvalue weighted by molar-refractivity contribution is -0.870. The number of allylic oxidation sites excluding steroid dienone is 14. The lowest BCUT2D eigenvalue weighted by Crippen LogP contribution is -2.37. The zero-order valence-corrected chi connectivity index (χ0v) is 43.8. The third kappa shape index (κ3) is 50.6. The molecule has 380 valence electrons. The number of likely N-dealkylation sites (N-methyl/N-ethyl adjacent to an activating group) is 1. The van der Waals surface area contributed by atoms with Gasteiger partial charge in [0.15, 0.2) is 6.10 Å². The molecule has 9 nitrogen and oxygen atoms in total. The number of unbranched alkanes of at least 4 members (excludes halogenated alkanes) is 19. The molecule has 0 aromatic carbocycles. The summed E-state index contributed by atoms with van der Waals surface area (Å²) in [7, 11) is 1.40. The van der Waals surface area contributed by atoms with Crippen molar-refractivity contribution in [2.75, 3.05) is 47.5 Å². The highest BCUT2D eigenvalue weighted by atomic mass is 31.2. The first-order chi connectivity index (χ1) is 32.0. The van der Waals surface area contributed by atoms with Crippen LogP contribution in [0.5, 0.6) is 0 Å². The number of hydrogen-bond acceptors (Lipinski definition) is 7. The molecule has 2 atom stereocenters. The number of nitrogens with zero attached hydrogens (tertiary/aromatic N) is 1. The van der Waals surface area contributed by atoms with Crippen molar-refractivity contribution in [3.63, 3.8) is 0 Å². The third-order valence-corrected chi connectivity index (χ3v) is 11.9. The number of esters is 2. The fraction of sp³-hybridized carbons (Fsp3) is 0.714. The van der Waals surface area contributed by atoms with Crippen molar-refractivity contribution in [2.24, 2.45) is 0 Å². The van der Waals surface area contributed by atoms with Gasteiger partial charge < -0.3 is 18.9 Å². The Hall–Kier alpha value is -2.81. The first-order valence-corrected chi connectivity index (χ1v) is 27.8. The Labute approximate surface area is 405 Å². The van der Waals surface area contributed by atoms with Gasteiger partial charge in [-0.05, 0) is 83.5 Å². The van der Waals surface area contributed by atoms with E-state index < -0.39 is 32.5 Å². The molecule has 66 heavy (non-hydrogen) atoms. The Kier molecular flexibility index (Phi) is 45.3. The largest absolute Gasteiger partial charge is 0.472 e. The Bertz CT molecular complexity index is 1390. The number of ether oxygens (including phenoxy) is 2. The summed E-state index contributed by atoms with van der Waals surface area (Å²) >= 11 is 0. The van der Waals surface area contributed by atoms with E-state index in [2.05, 4.69) is 86.8 Å². The molecule has 0 aromatic heterocycles. The lowest BCUT2D eigenvalue weighted by Gasteiger charge is -2.24. The van der Waals surface area contributed by atoms with Gasteiger partial charge in [-0.2, -0.15) is 0 Å². The summed E-state index contributed by atoms with van der Waals surface area (Å²) in [6.45, 7) is 4.27. The first-order valence-electron chi connectivity index (χ1n) is 26.3. The van der Waals surface area contributed by atoms with Crippen LogP contribution in [0.4, 0.5) is 0 Å². The van der Waals surface area contributed by atoms with E-state index in [4.69, 9.17) is 18.5 Å².